The standard InChI is InChI=1S/C20H23N5O2/c1-27-16-5-2-4-14(12-16)20(26)23-10-11-25-19-17(6-3-8-22-19)18(24-25)15-7-9-21-13-15/h2-6,8,12,15,21H,7,9-11,13H2,1H3,(H,23,26)/t15-/m0/s1. The second kappa shape index (κ2) is 7.75. The minimum atomic E-state index is -0.126. The van der Waals surface area contributed by atoms with E-state index in [9.17, 15) is 4.79 Å². The minimum absolute atomic E-state index is 0.126. The third kappa shape index (κ3) is 3.64. The number of aromatic nitrogens is 3. The Hall–Kier alpha value is -2.93. The van der Waals surface area contributed by atoms with E-state index in [4.69, 9.17) is 9.84 Å². The van der Waals surface area contributed by atoms with E-state index in [1.807, 2.05) is 16.8 Å². The number of carbonyl (C=O) groups is 1. The van der Waals surface area contributed by atoms with Crippen molar-refractivity contribution in [3.63, 3.8) is 0 Å². The number of rotatable bonds is 6. The molecule has 7 heteroatoms. The third-order valence-corrected chi connectivity index (χ3v) is 4.92. The molecule has 7 nitrogen and oxygen atoms in total. The zero-order chi connectivity index (χ0) is 18.6. The molecule has 4 rings (SSSR count). The fraction of sp³-hybridized carbons (Fsp3) is 0.350. The summed E-state index contributed by atoms with van der Waals surface area (Å²) < 4.78 is 7.07. The number of nitrogens with zero attached hydrogens (tertiary/aromatic N) is 3. The van der Waals surface area contributed by atoms with Gasteiger partial charge in [0.1, 0.15) is 5.75 Å². The summed E-state index contributed by atoms with van der Waals surface area (Å²) in [5.74, 6) is 0.961. The number of pyridine rings is 1. The van der Waals surface area contributed by atoms with Gasteiger partial charge in [0.25, 0.3) is 5.91 Å². The first kappa shape index (κ1) is 17.5. The van der Waals surface area contributed by atoms with E-state index in [2.05, 4.69) is 21.7 Å². The topological polar surface area (TPSA) is 81.1 Å². The van der Waals surface area contributed by atoms with E-state index in [1.54, 1.807) is 31.5 Å². The number of nitrogens with one attached hydrogen (secondary N) is 2. The van der Waals surface area contributed by atoms with E-state index in [0.29, 0.717) is 30.3 Å². The largest absolute Gasteiger partial charge is 0.497 e. The summed E-state index contributed by atoms with van der Waals surface area (Å²) in [5.41, 5.74) is 2.55. The van der Waals surface area contributed by atoms with Crippen LogP contribution in [0.1, 0.15) is 28.4 Å². The highest BCUT2D eigenvalue weighted by Crippen LogP contribution is 2.27. The van der Waals surface area contributed by atoms with Crippen molar-refractivity contribution in [3.8, 4) is 5.75 Å². The molecule has 0 spiro atoms. The predicted octanol–water partition coefficient (Wildman–Crippen LogP) is 1.95. The second-order valence-electron chi connectivity index (χ2n) is 6.66. The fourth-order valence-electron chi connectivity index (χ4n) is 3.52. The first-order valence-electron chi connectivity index (χ1n) is 9.20. The molecule has 27 heavy (non-hydrogen) atoms. The molecule has 2 aromatic heterocycles. The van der Waals surface area contributed by atoms with Crippen molar-refractivity contribution in [2.75, 3.05) is 26.7 Å². The molecule has 1 fully saturated rings. The van der Waals surface area contributed by atoms with Gasteiger partial charge in [-0.25, -0.2) is 9.67 Å². The zero-order valence-corrected chi connectivity index (χ0v) is 15.3. The van der Waals surface area contributed by atoms with Crippen molar-refractivity contribution in [2.24, 2.45) is 0 Å². The summed E-state index contributed by atoms with van der Waals surface area (Å²) in [4.78, 5) is 16.9. The highest BCUT2D eigenvalue weighted by molar-refractivity contribution is 5.94. The lowest BCUT2D eigenvalue weighted by Gasteiger charge is -2.07. The Labute approximate surface area is 157 Å². The number of benzene rings is 1. The summed E-state index contributed by atoms with van der Waals surface area (Å²) >= 11 is 0. The molecule has 3 aromatic rings. The van der Waals surface area contributed by atoms with E-state index in [1.165, 1.54) is 0 Å². The van der Waals surface area contributed by atoms with E-state index >= 15 is 0 Å². The monoisotopic (exact) mass is 365 g/mol. The maximum absolute atomic E-state index is 12.4. The van der Waals surface area contributed by atoms with E-state index in [0.717, 1.165) is 36.2 Å². The van der Waals surface area contributed by atoms with Crippen LogP contribution in [0.15, 0.2) is 42.6 Å². The lowest BCUT2D eigenvalue weighted by Crippen LogP contribution is -2.27. The van der Waals surface area contributed by atoms with Gasteiger partial charge < -0.3 is 15.4 Å². The summed E-state index contributed by atoms with van der Waals surface area (Å²) in [7, 11) is 1.59. The molecule has 140 valence electrons. The smallest absolute Gasteiger partial charge is 0.251 e. The summed E-state index contributed by atoms with van der Waals surface area (Å²) in [6.45, 7) is 3.03. The maximum Gasteiger partial charge on any atom is 0.251 e. The van der Waals surface area contributed by atoms with Crippen LogP contribution in [0.5, 0.6) is 5.75 Å². The quantitative estimate of drug-likeness (QED) is 0.698. The average Bonchev–Trinajstić information content (AvgIpc) is 3.36. The van der Waals surface area contributed by atoms with Crippen molar-refractivity contribution in [1.82, 2.24) is 25.4 Å². The predicted molar refractivity (Wildman–Crippen MR) is 103 cm³/mol. The van der Waals surface area contributed by atoms with Crippen LogP contribution >= 0.6 is 0 Å². The Morgan fingerprint density at radius 3 is 3.11 bits per heavy atom. The van der Waals surface area contributed by atoms with E-state index < -0.39 is 0 Å². The molecule has 0 bridgehead atoms. The van der Waals surface area contributed by atoms with Crippen LogP contribution in [0.2, 0.25) is 0 Å². The molecule has 3 heterocycles. The number of methoxy groups -OCH3 is 1. The Bertz CT molecular complexity index is 946. The summed E-state index contributed by atoms with van der Waals surface area (Å²) in [5, 5.41) is 12.3. The SMILES string of the molecule is COc1cccc(C(=O)NCCn2nc([C@H]3CCNC3)c3cccnc32)c1. The Kier molecular flexibility index (Phi) is 5.02. The van der Waals surface area contributed by atoms with Crippen LogP contribution < -0.4 is 15.4 Å². The van der Waals surface area contributed by atoms with Crippen molar-refractivity contribution >= 4 is 16.9 Å². The number of hydrogen-bond acceptors (Lipinski definition) is 5. The van der Waals surface area contributed by atoms with Gasteiger partial charge >= 0.3 is 0 Å². The summed E-state index contributed by atoms with van der Waals surface area (Å²) in [6, 6.07) is 11.1. The molecule has 0 unspecified atom stereocenters. The van der Waals surface area contributed by atoms with Gasteiger partial charge in [-0.1, -0.05) is 6.07 Å². The van der Waals surface area contributed by atoms with Gasteiger partial charge in [0.15, 0.2) is 5.65 Å². The molecule has 1 aromatic carbocycles. The van der Waals surface area contributed by atoms with Gasteiger partial charge in [0.2, 0.25) is 0 Å². The Morgan fingerprint density at radius 2 is 2.30 bits per heavy atom. The number of amides is 1. The number of ether oxygens (including phenoxy) is 1. The molecular weight excluding hydrogens is 342 g/mol. The molecule has 0 radical (unpaired) electrons. The third-order valence-electron chi connectivity index (χ3n) is 4.92. The fourth-order valence-corrected chi connectivity index (χ4v) is 3.52. The molecule has 1 amide bonds. The van der Waals surface area contributed by atoms with Crippen LogP contribution in [-0.4, -0.2) is 47.4 Å². The van der Waals surface area contributed by atoms with E-state index in [-0.39, 0.29) is 5.91 Å². The molecular formula is C20H23N5O2. The van der Waals surface area contributed by atoms with Gasteiger partial charge in [0, 0.05) is 36.2 Å². The highest BCUT2D eigenvalue weighted by atomic mass is 16.5. The average molecular weight is 365 g/mol. The highest BCUT2D eigenvalue weighted by Gasteiger charge is 2.23. The lowest BCUT2D eigenvalue weighted by molar-refractivity contribution is 0.0951. The zero-order valence-electron chi connectivity index (χ0n) is 15.3. The number of hydrogen-bond donors (Lipinski definition) is 2. The van der Waals surface area contributed by atoms with Crippen LogP contribution in [0.4, 0.5) is 0 Å². The number of fused-ring (bicyclic) bond motifs is 1. The molecule has 2 N–H and O–H groups in total. The normalized spacial score (nSPS) is 16.6. The Morgan fingerprint density at radius 1 is 1.37 bits per heavy atom. The van der Waals surface area contributed by atoms with Crippen molar-refractivity contribution < 1.29 is 9.53 Å². The van der Waals surface area contributed by atoms with Crippen LogP contribution in [0.25, 0.3) is 11.0 Å². The molecule has 1 atom stereocenters. The van der Waals surface area contributed by atoms with Gasteiger partial charge in [-0.05, 0) is 43.3 Å². The first-order chi connectivity index (χ1) is 13.3. The van der Waals surface area contributed by atoms with Crippen molar-refractivity contribution in [2.45, 2.75) is 18.9 Å². The lowest BCUT2D eigenvalue weighted by atomic mass is 10.0. The van der Waals surface area contributed by atoms with Crippen LogP contribution in [-0.2, 0) is 6.54 Å². The Balaban J connectivity index is 1.46. The molecule has 1 aliphatic heterocycles. The molecule has 0 saturated carbocycles. The minimum Gasteiger partial charge on any atom is -0.497 e. The summed E-state index contributed by atoms with van der Waals surface area (Å²) in [6.07, 6.45) is 2.87. The molecule has 0 aliphatic carbocycles. The molecule has 1 aliphatic rings. The van der Waals surface area contributed by atoms with Gasteiger partial charge in [0.05, 0.1) is 19.3 Å². The van der Waals surface area contributed by atoms with Gasteiger partial charge in [-0.2, -0.15) is 5.10 Å². The molecule has 1 saturated heterocycles. The van der Waals surface area contributed by atoms with Crippen LogP contribution in [0.3, 0.4) is 0 Å². The first-order valence-corrected chi connectivity index (χ1v) is 9.20. The van der Waals surface area contributed by atoms with Crippen molar-refractivity contribution in [1.29, 1.82) is 0 Å². The van der Waals surface area contributed by atoms with Crippen LogP contribution in [0, 0.1) is 0 Å². The maximum atomic E-state index is 12.4. The second-order valence-corrected chi connectivity index (χ2v) is 6.66. The van der Waals surface area contributed by atoms with Gasteiger partial charge in [-0.15, -0.1) is 0 Å². The van der Waals surface area contributed by atoms with Gasteiger partial charge in [-0.3, -0.25) is 4.79 Å². The van der Waals surface area contributed by atoms with Crippen molar-refractivity contribution in [3.05, 3.63) is 53.9 Å². The number of carbonyl (C=O) groups excluding carboxylic acids is 1.